The molecule has 0 fully saturated rings. The molecule has 0 radical (unpaired) electrons. The van der Waals surface area contributed by atoms with Crippen LogP contribution in [0.5, 0.6) is 0 Å². The van der Waals surface area contributed by atoms with Crippen LogP contribution >= 0.6 is 33.9 Å². The first-order chi connectivity index (χ1) is 14.3. The van der Waals surface area contributed by atoms with Gasteiger partial charge in [-0.3, -0.25) is 4.99 Å². The summed E-state index contributed by atoms with van der Waals surface area (Å²) in [6, 6.07) is 27.3. The average Bonchev–Trinajstić information content (AvgIpc) is 3.17. The molecule has 4 aromatic rings. The molecule has 0 aliphatic rings. The molecule has 0 saturated heterocycles. The van der Waals surface area contributed by atoms with E-state index in [1.807, 2.05) is 36.0 Å². The molecule has 1 aromatic heterocycles. The minimum absolute atomic E-state index is 0.727. The molecule has 0 aliphatic carbocycles. The van der Waals surface area contributed by atoms with Gasteiger partial charge in [-0.1, -0.05) is 72.8 Å². The molecule has 3 aromatic carbocycles. The Hall–Kier alpha value is -2.51. The molecule has 144 valence electrons. The summed E-state index contributed by atoms with van der Waals surface area (Å²) in [5.74, 6) is 0. The van der Waals surface area contributed by atoms with Crippen molar-refractivity contribution in [2.45, 2.75) is 6.92 Å². The summed E-state index contributed by atoms with van der Waals surface area (Å²) >= 11 is 3.95. The number of aromatic nitrogens is 1. The molecule has 5 heteroatoms. The molecular formula is C24H20IN3S. The molecule has 4 rings (SSSR count). The number of hydrogen-bond donors (Lipinski definition) is 0. The summed E-state index contributed by atoms with van der Waals surface area (Å²) in [7, 11) is 0. The molecule has 0 spiro atoms. The molecular weight excluding hydrogens is 489 g/mol. The number of halogens is 1. The number of rotatable bonds is 5. The van der Waals surface area contributed by atoms with E-state index < -0.39 is 0 Å². The van der Waals surface area contributed by atoms with E-state index in [1.54, 1.807) is 11.3 Å². The molecule has 0 unspecified atom stereocenters. The zero-order chi connectivity index (χ0) is 20.1. The van der Waals surface area contributed by atoms with Gasteiger partial charge in [0.15, 0.2) is 0 Å². The fraction of sp³-hybridized carbons (Fsp3) is 0.0833. The lowest BCUT2D eigenvalue weighted by molar-refractivity contribution is 0.833. The Morgan fingerprint density at radius 3 is 2.24 bits per heavy atom. The third kappa shape index (κ3) is 4.57. The molecule has 1 heterocycles. The number of hydrogen-bond acceptors (Lipinski definition) is 3. The van der Waals surface area contributed by atoms with Crippen LogP contribution in [0.4, 0.5) is 0 Å². The maximum absolute atomic E-state index is 4.78. The molecule has 0 atom stereocenters. The van der Waals surface area contributed by atoms with Crippen molar-refractivity contribution in [1.29, 1.82) is 0 Å². The highest BCUT2D eigenvalue weighted by Crippen LogP contribution is 2.25. The fourth-order valence-corrected chi connectivity index (χ4v) is 4.45. The second-order valence-corrected chi connectivity index (χ2v) is 8.40. The van der Waals surface area contributed by atoms with E-state index in [2.05, 4.69) is 93.6 Å². The van der Waals surface area contributed by atoms with Gasteiger partial charge in [-0.25, -0.2) is 4.68 Å². The van der Waals surface area contributed by atoms with Crippen LogP contribution in [0.3, 0.4) is 0 Å². The van der Waals surface area contributed by atoms with Gasteiger partial charge in [-0.15, -0.1) is 11.3 Å². The van der Waals surface area contributed by atoms with E-state index in [9.17, 15) is 0 Å². The topological polar surface area (TPSA) is 29.6 Å². The van der Waals surface area contributed by atoms with Crippen LogP contribution in [0.25, 0.3) is 22.4 Å². The molecule has 0 amide bonds. The summed E-state index contributed by atoms with van der Waals surface area (Å²) in [5, 5.41) is 6.90. The van der Waals surface area contributed by atoms with Gasteiger partial charge in [0.1, 0.15) is 0 Å². The van der Waals surface area contributed by atoms with Gasteiger partial charge >= 0.3 is 0 Å². The van der Waals surface area contributed by atoms with Crippen molar-refractivity contribution in [3.05, 3.63) is 98.2 Å². The van der Waals surface area contributed by atoms with Gasteiger partial charge < -0.3 is 0 Å². The van der Waals surface area contributed by atoms with Crippen LogP contribution in [0, 0.1) is 3.57 Å². The minimum atomic E-state index is 0.727. The van der Waals surface area contributed by atoms with Crippen LogP contribution in [-0.4, -0.2) is 17.4 Å². The Morgan fingerprint density at radius 1 is 0.862 bits per heavy atom. The summed E-state index contributed by atoms with van der Waals surface area (Å²) in [6.45, 7) is 2.77. The van der Waals surface area contributed by atoms with Crippen molar-refractivity contribution in [2.75, 3.05) is 6.54 Å². The summed E-state index contributed by atoms with van der Waals surface area (Å²) in [6.07, 6.45) is 1.91. The lowest BCUT2D eigenvalue weighted by Gasteiger charge is -2.06. The Morgan fingerprint density at radius 2 is 1.52 bits per heavy atom. The van der Waals surface area contributed by atoms with Gasteiger partial charge in [0.05, 0.1) is 11.9 Å². The maximum Gasteiger partial charge on any atom is 0.206 e. The third-order valence-electron chi connectivity index (χ3n) is 4.48. The number of benzene rings is 3. The van der Waals surface area contributed by atoms with Crippen LogP contribution in [0.15, 0.2) is 94.3 Å². The highest BCUT2D eigenvalue weighted by atomic mass is 127. The number of thiazole rings is 1. The zero-order valence-electron chi connectivity index (χ0n) is 16.0. The summed E-state index contributed by atoms with van der Waals surface area (Å²) in [5.41, 5.74) is 5.69. The van der Waals surface area contributed by atoms with E-state index in [4.69, 9.17) is 5.10 Å². The first-order valence-electron chi connectivity index (χ1n) is 9.42. The van der Waals surface area contributed by atoms with Crippen molar-refractivity contribution < 1.29 is 0 Å². The van der Waals surface area contributed by atoms with Gasteiger partial charge in [-0.2, -0.15) is 5.10 Å². The molecule has 29 heavy (non-hydrogen) atoms. The normalized spacial score (nSPS) is 12.0. The summed E-state index contributed by atoms with van der Waals surface area (Å²) in [4.78, 5) is 5.52. The maximum atomic E-state index is 4.78. The smallest absolute Gasteiger partial charge is 0.206 e. The Bertz CT molecular complexity index is 1190. The summed E-state index contributed by atoms with van der Waals surface area (Å²) < 4.78 is 3.11. The second-order valence-electron chi connectivity index (χ2n) is 6.40. The SMILES string of the molecule is CCN=c1scc(-c2ccc(-c3ccccc3)cc2)n1/N=C\c1ccccc1I. The average molecular weight is 509 g/mol. The van der Waals surface area contributed by atoms with E-state index in [0.717, 1.165) is 28.2 Å². The Balaban J connectivity index is 1.73. The van der Waals surface area contributed by atoms with E-state index in [0.29, 0.717) is 0 Å². The van der Waals surface area contributed by atoms with E-state index in [1.165, 1.54) is 14.7 Å². The predicted octanol–water partition coefficient (Wildman–Crippen LogP) is 6.29. The monoisotopic (exact) mass is 509 g/mol. The first kappa shape index (κ1) is 19.8. The zero-order valence-corrected chi connectivity index (χ0v) is 19.0. The molecule has 0 saturated carbocycles. The van der Waals surface area contributed by atoms with E-state index >= 15 is 0 Å². The predicted molar refractivity (Wildman–Crippen MR) is 131 cm³/mol. The second kappa shape index (κ2) is 9.33. The lowest BCUT2D eigenvalue weighted by Crippen LogP contribution is -2.12. The van der Waals surface area contributed by atoms with Gasteiger partial charge in [-0.05, 0) is 46.7 Å². The first-order valence-corrected chi connectivity index (χ1v) is 11.4. The fourth-order valence-electron chi connectivity index (χ4n) is 3.02. The highest BCUT2D eigenvalue weighted by molar-refractivity contribution is 14.1. The molecule has 0 bridgehead atoms. The van der Waals surface area contributed by atoms with Gasteiger partial charge in [0.25, 0.3) is 0 Å². The Kier molecular flexibility index (Phi) is 6.36. The molecule has 3 nitrogen and oxygen atoms in total. The van der Waals surface area contributed by atoms with Crippen LogP contribution in [0.1, 0.15) is 12.5 Å². The third-order valence-corrected chi connectivity index (χ3v) is 6.32. The van der Waals surface area contributed by atoms with Crippen molar-refractivity contribution >= 4 is 40.1 Å². The Labute approximate surface area is 188 Å². The molecule has 0 N–H and O–H groups in total. The highest BCUT2D eigenvalue weighted by Gasteiger charge is 2.08. The standard InChI is InChI=1S/C24H20IN3S/c1-2-26-24-28(27-16-21-10-6-7-11-22(21)25)23(17-29-24)20-14-12-19(13-15-20)18-8-4-3-5-9-18/h3-17H,2H2,1H3/b26-24?,27-16-. The van der Waals surface area contributed by atoms with E-state index in [-0.39, 0.29) is 0 Å². The van der Waals surface area contributed by atoms with Crippen LogP contribution < -0.4 is 4.80 Å². The number of nitrogens with zero attached hydrogens (tertiary/aromatic N) is 3. The van der Waals surface area contributed by atoms with Gasteiger partial charge in [0.2, 0.25) is 4.80 Å². The quantitative estimate of drug-likeness (QED) is 0.224. The van der Waals surface area contributed by atoms with Crippen molar-refractivity contribution in [3.63, 3.8) is 0 Å². The van der Waals surface area contributed by atoms with Gasteiger partial charge in [0, 0.05) is 26.6 Å². The minimum Gasteiger partial charge on any atom is -0.258 e. The largest absolute Gasteiger partial charge is 0.258 e. The molecule has 0 aliphatic heterocycles. The van der Waals surface area contributed by atoms with Crippen molar-refractivity contribution in [1.82, 2.24) is 4.68 Å². The van der Waals surface area contributed by atoms with Crippen LogP contribution in [0.2, 0.25) is 0 Å². The van der Waals surface area contributed by atoms with Crippen LogP contribution in [-0.2, 0) is 0 Å². The van der Waals surface area contributed by atoms with Crippen molar-refractivity contribution in [3.8, 4) is 22.4 Å². The van der Waals surface area contributed by atoms with Crippen molar-refractivity contribution in [2.24, 2.45) is 10.1 Å². The lowest BCUT2D eigenvalue weighted by atomic mass is 10.0.